The zero-order valence-electron chi connectivity index (χ0n) is 14.6. The molecule has 0 aliphatic heterocycles. The average Bonchev–Trinajstić information content (AvgIpc) is 2.94. The summed E-state index contributed by atoms with van der Waals surface area (Å²) in [6.45, 7) is 1.91. The number of nitrogens with zero attached hydrogens (tertiary/aromatic N) is 5. The van der Waals surface area contributed by atoms with Gasteiger partial charge in [-0.05, 0) is 12.5 Å². The first kappa shape index (κ1) is 16.7. The predicted octanol–water partition coefficient (Wildman–Crippen LogP) is 1.00. The van der Waals surface area contributed by atoms with Crippen LogP contribution in [0.25, 0.3) is 11.2 Å². The number of anilines is 1. The first-order valence-electron chi connectivity index (χ1n) is 7.85. The highest BCUT2D eigenvalue weighted by atomic mass is 16.2. The quantitative estimate of drug-likeness (QED) is 0.567. The van der Waals surface area contributed by atoms with Crippen LogP contribution in [-0.4, -0.2) is 24.4 Å². The first-order valence-corrected chi connectivity index (χ1v) is 7.85. The molecule has 1 aromatic carbocycles. The summed E-state index contributed by atoms with van der Waals surface area (Å²) >= 11 is 0. The Labute approximate surface area is 144 Å². The van der Waals surface area contributed by atoms with E-state index in [2.05, 4.69) is 15.5 Å². The number of rotatable bonds is 4. The van der Waals surface area contributed by atoms with Gasteiger partial charge in [0.2, 0.25) is 5.95 Å². The number of hydrogen-bond donors (Lipinski definition) is 1. The van der Waals surface area contributed by atoms with Crippen molar-refractivity contribution < 1.29 is 0 Å². The van der Waals surface area contributed by atoms with Crippen molar-refractivity contribution in [3.8, 4) is 0 Å². The molecule has 130 valence electrons. The van der Waals surface area contributed by atoms with Gasteiger partial charge in [0, 0.05) is 33.3 Å². The molecule has 0 saturated carbocycles. The van der Waals surface area contributed by atoms with Gasteiger partial charge in [0.05, 0.1) is 0 Å². The van der Waals surface area contributed by atoms with Gasteiger partial charge < -0.3 is 4.57 Å². The molecule has 0 saturated heterocycles. The fraction of sp³-hybridized carbons (Fsp3) is 0.294. The Morgan fingerprint density at radius 3 is 2.44 bits per heavy atom. The number of hydrazone groups is 1. The predicted molar refractivity (Wildman–Crippen MR) is 98.1 cm³/mol. The molecule has 0 bridgehead atoms. The number of benzene rings is 1. The van der Waals surface area contributed by atoms with E-state index >= 15 is 0 Å². The molecule has 2 heterocycles. The van der Waals surface area contributed by atoms with E-state index in [-0.39, 0.29) is 5.56 Å². The molecular formula is C17H20N6O2. The molecule has 0 spiro atoms. The Hall–Kier alpha value is -3.16. The van der Waals surface area contributed by atoms with Crippen molar-refractivity contribution in [1.29, 1.82) is 0 Å². The van der Waals surface area contributed by atoms with Crippen molar-refractivity contribution in [3.63, 3.8) is 0 Å². The third kappa shape index (κ3) is 2.98. The molecule has 25 heavy (non-hydrogen) atoms. The van der Waals surface area contributed by atoms with Crippen LogP contribution in [0.15, 0.2) is 45.0 Å². The molecule has 3 aromatic rings. The van der Waals surface area contributed by atoms with Gasteiger partial charge in [0.1, 0.15) is 0 Å². The normalized spacial score (nSPS) is 11.9. The number of aryl methyl sites for hydroxylation is 2. The van der Waals surface area contributed by atoms with E-state index in [0.29, 0.717) is 23.5 Å². The lowest BCUT2D eigenvalue weighted by atomic mass is 10.1. The number of nitrogens with one attached hydrogen (secondary N) is 1. The summed E-state index contributed by atoms with van der Waals surface area (Å²) in [5, 5.41) is 4.34. The number of aromatic nitrogens is 4. The van der Waals surface area contributed by atoms with Crippen LogP contribution < -0.4 is 16.7 Å². The molecule has 2 aromatic heterocycles. The number of hydrogen-bond acceptors (Lipinski definition) is 5. The summed E-state index contributed by atoms with van der Waals surface area (Å²) in [7, 11) is 4.75. The molecule has 8 nitrogen and oxygen atoms in total. The van der Waals surface area contributed by atoms with Gasteiger partial charge >= 0.3 is 5.69 Å². The lowest BCUT2D eigenvalue weighted by molar-refractivity contribution is 0.705. The second-order valence-corrected chi connectivity index (χ2v) is 5.99. The van der Waals surface area contributed by atoms with Crippen LogP contribution in [-0.2, 0) is 27.6 Å². The minimum Gasteiger partial charge on any atom is -0.306 e. The van der Waals surface area contributed by atoms with Gasteiger partial charge in [-0.2, -0.15) is 10.1 Å². The molecule has 1 N–H and O–H groups in total. The fourth-order valence-corrected chi connectivity index (χ4v) is 2.69. The minimum absolute atomic E-state index is 0.328. The van der Waals surface area contributed by atoms with Crippen LogP contribution in [0.3, 0.4) is 0 Å². The van der Waals surface area contributed by atoms with E-state index in [1.807, 2.05) is 37.3 Å². The number of imidazole rings is 1. The summed E-state index contributed by atoms with van der Waals surface area (Å²) in [5.74, 6) is 0.403. The standard InChI is InChI=1S/C17H20N6O2/c1-11(10-12-8-6-5-7-9-12)19-20-16-18-14-13(21(16)2)15(24)23(4)17(25)22(14)3/h5-9H,10H2,1-4H3,(H,18,20). The van der Waals surface area contributed by atoms with Crippen molar-refractivity contribution in [3.05, 3.63) is 56.7 Å². The molecule has 0 unspecified atom stereocenters. The molecule has 3 rings (SSSR count). The lowest BCUT2D eigenvalue weighted by Gasteiger charge is -2.04. The van der Waals surface area contributed by atoms with Crippen LogP contribution in [0.5, 0.6) is 0 Å². The van der Waals surface area contributed by atoms with Crippen molar-refractivity contribution in [1.82, 2.24) is 18.7 Å². The second kappa shape index (κ2) is 6.39. The Kier molecular flexibility index (Phi) is 4.26. The Bertz CT molecular complexity index is 1070. The van der Waals surface area contributed by atoms with E-state index < -0.39 is 5.69 Å². The maximum atomic E-state index is 12.3. The number of fused-ring (bicyclic) bond motifs is 1. The molecule has 0 amide bonds. The van der Waals surface area contributed by atoms with Crippen molar-refractivity contribution in [2.24, 2.45) is 26.2 Å². The molecule has 8 heteroatoms. The van der Waals surface area contributed by atoms with Gasteiger partial charge in [0.25, 0.3) is 5.56 Å². The van der Waals surface area contributed by atoms with Crippen molar-refractivity contribution in [2.45, 2.75) is 13.3 Å². The molecule has 0 aliphatic carbocycles. The molecule has 0 aliphatic rings. The summed E-state index contributed by atoms with van der Waals surface area (Å²) in [6, 6.07) is 10.0. The summed E-state index contributed by atoms with van der Waals surface area (Å²) in [6.07, 6.45) is 0.706. The van der Waals surface area contributed by atoms with Crippen LogP contribution in [0.4, 0.5) is 5.95 Å². The van der Waals surface area contributed by atoms with Gasteiger partial charge in [0.15, 0.2) is 11.2 Å². The second-order valence-electron chi connectivity index (χ2n) is 5.99. The van der Waals surface area contributed by atoms with E-state index in [4.69, 9.17) is 0 Å². The Morgan fingerprint density at radius 1 is 1.08 bits per heavy atom. The highest BCUT2D eigenvalue weighted by molar-refractivity contribution is 5.85. The monoisotopic (exact) mass is 340 g/mol. The zero-order chi connectivity index (χ0) is 18.1. The average molecular weight is 340 g/mol. The molecular weight excluding hydrogens is 320 g/mol. The van der Waals surface area contributed by atoms with E-state index in [0.717, 1.165) is 15.8 Å². The van der Waals surface area contributed by atoms with Crippen molar-refractivity contribution in [2.75, 3.05) is 5.43 Å². The Balaban J connectivity index is 1.95. The van der Waals surface area contributed by atoms with E-state index in [1.165, 1.54) is 11.6 Å². The van der Waals surface area contributed by atoms with Gasteiger partial charge in [-0.15, -0.1) is 0 Å². The third-order valence-corrected chi connectivity index (χ3v) is 4.13. The summed E-state index contributed by atoms with van der Waals surface area (Å²) < 4.78 is 4.02. The lowest BCUT2D eigenvalue weighted by Crippen LogP contribution is -2.37. The van der Waals surface area contributed by atoms with Crippen molar-refractivity contribution >= 4 is 22.8 Å². The maximum Gasteiger partial charge on any atom is 0.332 e. The first-order chi connectivity index (χ1) is 11.9. The minimum atomic E-state index is -0.411. The van der Waals surface area contributed by atoms with Gasteiger partial charge in [-0.3, -0.25) is 13.9 Å². The SMILES string of the molecule is CC(Cc1ccccc1)=NNc1nc2c(c(=O)n(C)c(=O)n2C)n1C. The molecule has 0 atom stereocenters. The summed E-state index contributed by atoms with van der Waals surface area (Å²) in [4.78, 5) is 28.7. The van der Waals surface area contributed by atoms with Crippen LogP contribution in [0, 0.1) is 0 Å². The van der Waals surface area contributed by atoms with Crippen LogP contribution in [0.1, 0.15) is 12.5 Å². The maximum absolute atomic E-state index is 12.3. The van der Waals surface area contributed by atoms with Crippen LogP contribution in [0.2, 0.25) is 0 Å². The van der Waals surface area contributed by atoms with Gasteiger partial charge in [-0.1, -0.05) is 30.3 Å². The van der Waals surface area contributed by atoms with Gasteiger partial charge in [-0.25, -0.2) is 10.2 Å². The zero-order valence-corrected chi connectivity index (χ0v) is 14.6. The topological polar surface area (TPSA) is 86.2 Å². The summed E-state index contributed by atoms with van der Waals surface area (Å²) in [5.41, 5.74) is 4.81. The van der Waals surface area contributed by atoms with E-state index in [1.54, 1.807) is 18.7 Å². The fourth-order valence-electron chi connectivity index (χ4n) is 2.69. The highest BCUT2D eigenvalue weighted by Crippen LogP contribution is 2.13. The highest BCUT2D eigenvalue weighted by Gasteiger charge is 2.16. The smallest absolute Gasteiger partial charge is 0.306 e. The Morgan fingerprint density at radius 2 is 1.76 bits per heavy atom. The van der Waals surface area contributed by atoms with Crippen LogP contribution >= 0.6 is 0 Å². The third-order valence-electron chi connectivity index (χ3n) is 4.13. The molecule has 0 radical (unpaired) electrons. The largest absolute Gasteiger partial charge is 0.332 e. The molecule has 0 fully saturated rings. The van der Waals surface area contributed by atoms with E-state index in [9.17, 15) is 9.59 Å².